The van der Waals surface area contributed by atoms with Gasteiger partial charge in [0.05, 0.1) is 0 Å². The van der Waals surface area contributed by atoms with Crippen molar-refractivity contribution in [1.29, 1.82) is 0 Å². The molecule has 0 aliphatic rings. The first-order valence-corrected chi connectivity index (χ1v) is 5.92. The Bertz CT molecular complexity index is 561. The van der Waals surface area contributed by atoms with Gasteiger partial charge in [-0.1, -0.05) is 48.1 Å². The van der Waals surface area contributed by atoms with Crippen LogP contribution in [0.3, 0.4) is 0 Å². The second kappa shape index (κ2) is 5.21. The van der Waals surface area contributed by atoms with E-state index in [0.717, 1.165) is 5.56 Å². The molecule has 0 spiro atoms. The summed E-state index contributed by atoms with van der Waals surface area (Å²) in [6.45, 7) is 0. The Labute approximate surface area is 110 Å². The molecule has 0 N–H and O–H groups in total. The molecule has 2 aromatic rings. The van der Waals surface area contributed by atoms with E-state index in [2.05, 4.69) is 0 Å². The van der Waals surface area contributed by atoms with Crippen LogP contribution in [0.2, 0.25) is 5.02 Å². The standard InChI is InChI=1S/C14H9ClOS/c15-12-7-5-10(6-8-12)14(16)13-4-2-1-3-11(13)9-17/h1-9H. The number of rotatable bonds is 3. The van der Waals surface area contributed by atoms with E-state index in [-0.39, 0.29) is 5.78 Å². The number of ketones is 1. The number of carbonyl (C=O) groups excluding carboxylic acids is 1. The van der Waals surface area contributed by atoms with Gasteiger partial charge in [-0.15, -0.1) is 0 Å². The highest BCUT2D eigenvalue weighted by Gasteiger charge is 2.11. The van der Waals surface area contributed by atoms with Crippen LogP contribution in [-0.2, 0) is 0 Å². The Hall–Kier alpha value is -1.51. The molecule has 0 aromatic heterocycles. The van der Waals surface area contributed by atoms with Crippen LogP contribution in [0, 0.1) is 0 Å². The zero-order valence-corrected chi connectivity index (χ0v) is 10.5. The molecule has 0 aliphatic carbocycles. The second-order valence-electron chi connectivity index (χ2n) is 3.54. The summed E-state index contributed by atoms with van der Waals surface area (Å²) >= 11 is 10.7. The molecule has 17 heavy (non-hydrogen) atoms. The minimum Gasteiger partial charge on any atom is -0.289 e. The lowest BCUT2D eigenvalue weighted by Gasteiger charge is -2.04. The summed E-state index contributed by atoms with van der Waals surface area (Å²) in [7, 11) is 0. The fraction of sp³-hybridized carbons (Fsp3) is 0. The minimum absolute atomic E-state index is 0.0432. The molecule has 0 unspecified atom stereocenters. The van der Waals surface area contributed by atoms with Crippen molar-refractivity contribution in [2.24, 2.45) is 0 Å². The Morgan fingerprint density at radius 2 is 1.71 bits per heavy atom. The molecule has 2 rings (SSSR count). The van der Waals surface area contributed by atoms with Gasteiger partial charge < -0.3 is 0 Å². The average Bonchev–Trinajstić information content (AvgIpc) is 2.39. The molecular weight excluding hydrogens is 252 g/mol. The normalized spacial score (nSPS) is 9.94. The van der Waals surface area contributed by atoms with Crippen molar-refractivity contribution in [3.8, 4) is 0 Å². The molecule has 0 atom stereocenters. The van der Waals surface area contributed by atoms with Crippen LogP contribution >= 0.6 is 23.8 Å². The van der Waals surface area contributed by atoms with Gasteiger partial charge in [-0.2, -0.15) is 0 Å². The number of benzene rings is 2. The maximum absolute atomic E-state index is 12.2. The second-order valence-corrected chi connectivity index (χ2v) is 4.21. The van der Waals surface area contributed by atoms with Crippen molar-refractivity contribution in [1.82, 2.24) is 0 Å². The predicted molar refractivity (Wildman–Crippen MR) is 74.1 cm³/mol. The van der Waals surface area contributed by atoms with Crippen molar-refractivity contribution in [3.63, 3.8) is 0 Å². The molecular formula is C14H9ClOS. The van der Waals surface area contributed by atoms with Gasteiger partial charge in [0.2, 0.25) is 0 Å². The smallest absolute Gasteiger partial charge is 0.193 e. The molecule has 3 heteroatoms. The molecule has 0 saturated heterocycles. The molecule has 1 nitrogen and oxygen atoms in total. The summed E-state index contributed by atoms with van der Waals surface area (Å²) in [6, 6.07) is 14.1. The van der Waals surface area contributed by atoms with E-state index in [9.17, 15) is 4.79 Å². The first kappa shape index (κ1) is 12.0. The van der Waals surface area contributed by atoms with Gasteiger partial charge in [0.1, 0.15) is 0 Å². The van der Waals surface area contributed by atoms with Crippen molar-refractivity contribution < 1.29 is 4.79 Å². The van der Waals surface area contributed by atoms with Crippen LogP contribution in [0.15, 0.2) is 48.5 Å². The average molecular weight is 261 g/mol. The number of halogens is 1. The van der Waals surface area contributed by atoms with Crippen LogP contribution in [-0.4, -0.2) is 11.2 Å². The number of hydrogen-bond acceptors (Lipinski definition) is 2. The lowest BCUT2D eigenvalue weighted by atomic mass is 9.99. The molecule has 0 bridgehead atoms. The van der Waals surface area contributed by atoms with E-state index in [1.165, 1.54) is 5.37 Å². The van der Waals surface area contributed by atoms with Crippen molar-refractivity contribution in [3.05, 3.63) is 70.2 Å². The van der Waals surface area contributed by atoms with E-state index in [1.807, 2.05) is 18.2 Å². The van der Waals surface area contributed by atoms with Gasteiger partial charge in [0.15, 0.2) is 5.78 Å². The lowest BCUT2D eigenvalue weighted by molar-refractivity contribution is 0.103. The van der Waals surface area contributed by atoms with Gasteiger partial charge in [-0.25, -0.2) is 0 Å². The van der Waals surface area contributed by atoms with Gasteiger partial charge in [-0.05, 0) is 29.8 Å². The van der Waals surface area contributed by atoms with Crippen LogP contribution in [0.4, 0.5) is 0 Å². The third-order valence-corrected chi connectivity index (χ3v) is 2.94. The third kappa shape index (κ3) is 2.60. The van der Waals surface area contributed by atoms with Crippen LogP contribution < -0.4 is 0 Å². The summed E-state index contributed by atoms with van der Waals surface area (Å²) < 4.78 is 0. The van der Waals surface area contributed by atoms with Crippen LogP contribution in [0.1, 0.15) is 21.5 Å². The largest absolute Gasteiger partial charge is 0.289 e. The predicted octanol–water partition coefficient (Wildman–Crippen LogP) is 3.92. The number of thiocarbonyl (C=S) groups is 1. The number of hydrogen-bond donors (Lipinski definition) is 0. The Balaban J connectivity index is 2.43. The van der Waals surface area contributed by atoms with E-state index < -0.39 is 0 Å². The first-order valence-electron chi connectivity index (χ1n) is 5.07. The maximum Gasteiger partial charge on any atom is 0.193 e. The fourth-order valence-electron chi connectivity index (χ4n) is 1.56. The SMILES string of the molecule is O=C(c1ccc(Cl)cc1)c1ccccc1C=S. The third-order valence-electron chi connectivity index (χ3n) is 2.44. The highest BCUT2D eigenvalue weighted by Crippen LogP contribution is 2.16. The van der Waals surface area contributed by atoms with E-state index >= 15 is 0 Å². The minimum atomic E-state index is -0.0432. The Morgan fingerprint density at radius 1 is 1.06 bits per heavy atom. The fourth-order valence-corrected chi connectivity index (χ4v) is 1.89. The van der Waals surface area contributed by atoms with Crippen molar-refractivity contribution in [2.45, 2.75) is 0 Å². The Kier molecular flexibility index (Phi) is 3.67. The lowest BCUT2D eigenvalue weighted by Crippen LogP contribution is -2.04. The van der Waals surface area contributed by atoms with E-state index in [1.54, 1.807) is 30.3 Å². The molecule has 2 aromatic carbocycles. The van der Waals surface area contributed by atoms with Gasteiger partial charge in [0, 0.05) is 21.5 Å². The molecule has 0 heterocycles. The Morgan fingerprint density at radius 3 is 2.35 bits per heavy atom. The van der Waals surface area contributed by atoms with E-state index in [0.29, 0.717) is 16.1 Å². The van der Waals surface area contributed by atoms with Crippen LogP contribution in [0.5, 0.6) is 0 Å². The first-order chi connectivity index (χ1) is 8.22. The zero-order chi connectivity index (χ0) is 12.3. The summed E-state index contributed by atoms with van der Waals surface area (Å²) in [5, 5.41) is 2.13. The van der Waals surface area contributed by atoms with Crippen molar-refractivity contribution in [2.75, 3.05) is 0 Å². The van der Waals surface area contributed by atoms with Gasteiger partial charge >= 0.3 is 0 Å². The summed E-state index contributed by atoms with van der Waals surface area (Å²) in [6.07, 6.45) is 0. The number of carbonyl (C=O) groups is 1. The highest BCUT2D eigenvalue weighted by molar-refractivity contribution is 7.79. The summed E-state index contributed by atoms with van der Waals surface area (Å²) in [5.41, 5.74) is 1.99. The summed E-state index contributed by atoms with van der Waals surface area (Å²) in [5.74, 6) is -0.0432. The zero-order valence-electron chi connectivity index (χ0n) is 8.89. The van der Waals surface area contributed by atoms with Crippen LogP contribution in [0.25, 0.3) is 0 Å². The van der Waals surface area contributed by atoms with Crippen molar-refractivity contribution >= 4 is 35.0 Å². The maximum atomic E-state index is 12.2. The quantitative estimate of drug-likeness (QED) is 0.615. The van der Waals surface area contributed by atoms with Gasteiger partial charge in [0.25, 0.3) is 0 Å². The molecule has 84 valence electrons. The molecule has 0 fully saturated rings. The highest BCUT2D eigenvalue weighted by atomic mass is 35.5. The van der Waals surface area contributed by atoms with E-state index in [4.69, 9.17) is 23.8 Å². The van der Waals surface area contributed by atoms with Gasteiger partial charge in [-0.3, -0.25) is 4.79 Å². The molecule has 0 radical (unpaired) electrons. The monoisotopic (exact) mass is 260 g/mol. The molecule has 0 amide bonds. The topological polar surface area (TPSA) is 17.1 Å². The summed E-state index contributed by atoms with van der Waals surface area (Å²) in [4.78, 5) is 12.2. The molecule has 0 aliphatic heterocycles. The molecule has 0 saturated carbocycles.